The second kappa shape index (κ2) is 6.17. The zero-order chi connectivity index (χ0) is 15.6. The first-order valence-corrected chi connectivity index (χ1v) is 7.29. The lowest BCUT2D eigenvalue weighted by molar-refractivity contribution is -0.123. The number of ether oxygens (including phenoxy) is 1. The van der Waals surface area contributed by atoms with Gasteiger partial charge < -0.3 is 9.84 Å². The average Bonchev–Trinajstić information content (AvgIpc) is 2.96. The summed E-state index contributed by atoms with van der Waals surface area (Å²) in [6, 6.07) is 3.22. The van der Waals surface area contributed by atoms with Gasteiger partial charge in [0, 0.05) is 20.5 Å². The first-order chi connectivity index (χ1) is 9.93. The molecule has 2 aliphatic rings. The van der Waals surface area contributed by atoms with Crippen LogP contribution in [0.3, 0.4) is 0 Å². The third kappa shape index (κ3) is 3.18. The number of amides is 2. The molecule has 1 heterocycles. The summed E-state index contributed by atoms with van der Waals surface area (Å²) >= 11 is 1.05. The normalized spacial score (nSPS) is 16.7. The first kappa shape index (κ1) is 15.4. The van der Waals surface area contributed by atoms with E-state index < -0.39 is 0 Å². The number of imide groups is 1. The molecule has 1 saturated heterocycles. The molecule has 6 nitrogen and oxygen atoms in total. The van der Waals surface area contributed by atoms with E-state index in [1.165, 1.54) is 14.2 Å². The molecule has 0 atom stereocenters. The summed E-state index contributed by atoms with van der Waals surface area (Å²) in [7, 11) is 2.96. The molecule has 0 radical (unpaired) electrons. The maximum atomic E-state index is 11.3. The van der Waals surface area contributed by atoms with Crippen molar-refractivity contribution >= 4 is 28.7 Å². The van der Waals surface area contributed by atoms with Crippen LogP contribution in [0.1, 0.15) is 23.8 Å². The van der Waals surface area contributed by atoms with Crippen molar-refractivity contribution in [1.29, 1.82) is 0 Å². The SMILES string of the molecule is CN1C(=O)CSC1=O.COc1cc2c(cc1O)CCC2=O.[2HH]. The van der Waals surface area contributed by atoms with Crippen molar-refractivity contribution in [2.75, 3.05) is 19.9 Å². The zero-order valence-corrected chi connectivity index (χ0v) is 12.5. The number of rotatable bonds is 1. The van der Waals surface area contributed by atoms with Crippen molar-refractivity contribution in [2.45, 2.75) is 12.8 Å². The van der Waals surface area contributed by atoms with E-state index in [1.807, 2.05) is 0 Å². The van der Waals surface area contributed by atoms with Crippen molar-refractivity contribution in [3.05, 3.63) is 23.3 Å². The molecule has 1 aromatic carbocycles. The van der Waals surface area contributed by atoms with Gasteiger partial charge in [0.25, 0.3) is 5.24 Å². The van der Waals surface area contributed by atoms with E-state index in [2.05, 4.69) is 0 Å². The predicted molar refractivity (Wildman–Crippen MR) is 80.0 cm³/mol. The Hall–Kier alpha value is -2.02. The Morgan fingerprint density at radius 2 is 2.00 bits per heavy atom. The number of fused-ring (bicyclic) bond motifs is 1. The molecule has 1 fully saturated rings. The van der Waals surface area contributed by atoms with Gasteiger partial charge in [-0.25, -0.2) is 0 Å². The lowest BCUT2D eigenvalue weighted by Crippen LogP contribution is -2.22. The number of carbonyl (C=O) groups is 3. The number of methoxy groups -OCH3 is 1. The van der Waals surface area contributed by atoms with Gasteiger partial charge in [0.2, 0.25) is 5.91 Å². The summed E-state index contributed by atoms with van der Waals surface area (Å²) in [5.41, 5.74) is 1.61. The summed E-state index contributed by atoms with van der Waals surface area (Å²) in [6.07, 6.45) is 1.27. The summed E-state index contributed by atoms with van der Waals surface area (Å²) in [4.78, 5) is 33.4. The Bertz CT molecular complexity index is 603. The largest absolute Gasteiger partial charge is 0.504 e. The molecule has 3 rings (SSSR count). The minimum Gasteiger partial charge on any atom is -0.504 e. The van der Waals surface area contributed by atoms with Crippen molar-refractivity contribution in [3.63, 3.8) is 0 Å². The van der Waals surface area contributed by atoms with Gasteiger partial charge in [-0.2, -0.15) is 0 Å². The fourth-order valence-electron chi connectivity index (χ4n) is 2.04. The Labute approximate surface area is 127 Å². The Morgan fingerprint density at radius 1 is 1.29 bits per heavy atom. The topological polar surface area (TPSA) is 83.9 Å². The van der Waals surface area contributed by atoms with Gasteiger partial charge in [-0.3, -0.25) is 19.3 Å². The van der Waals surface area contributed by atoms with Crippen LogP contribution in [-0.2, 0) is 11.2 Å². The maximum Gasteiger partial charge on any atom is 0.288 e. The molecular weight excluding hydrogens is 294 g/mol. The van der Waals surface area contributed by atoms with Crippen LogP contribution in [0.4, 0.5) is 4.79 Å². The number of aromatic hydroxyl groups is 1. The second-order valence-electron chi connectivity index (χ2n) is 4.61. The number of benzene rings is 1. The van der Waals surface area contributed by atoms with Crippen molar-refractivity contribution < 1.29 is 25.7 Å². The van der Waals surface area contributed by atoms with Crippen LogP contribution in [0, 0.1) is 0 Å². The van der Waals surface area contributed by atoms with Crippen LogP contribution in [0.25, 0.3) is 0 Å². The van der Waals surface area contributed by atoms with Gasteiger partial charge in [-0.05, 0) is 24.1 Å². The number of ketones is 1. The summed E-state index contributed by atoms with van der Waals surface area (Å²) in [6.45, 7) is 0. The van der Waals surface area contributed by atoms with E-state index in [4.69, 9.17) is 4.74 Å². The van der Waals surface area contributed by atoms with Gasteiger partial charge in [-0.1, -0.05) is 11.8 Å². The van der Waals surface area contributed by atoms with E-state index in [9.17, 15) is 19.5 Å². The highest BCUT2D eigenvalue weighted by molar-refractivity contribution is 8.14. The van der Waals surface area contributed by atoms with Crippen molar-refractivity contribution in [2.24, 2.45) is 0 Å². The van der Waals surface area contributed by atoms with E-state index in [0.717, 1.165) is 28.6 Å². The number of phenolic OH excluding ortho intramolecular Hbond substituents is 1. The molecule has 114 valence electrons. The van der Waals surface area contributed by atoms with Crippen molar-refractivity contribution in [3.8, 4) is 11.5 Å². The summed E-state index contributed by atoms with van der Waals surface area (Å²) in [5.74, 6) is 0.827. The van der Waals surface area contributed by atoms with Crippen LogP contribution in [0.2, 0.25) is 0 Å². The monoisotopic (exact) mass is 312 g/mol. The highest BCUT2D eigenvalue weighted by Crippen LogP contribution is 2.33. The Kier molecular flexibility index (Phi) is 4.52. The quantitative estimate of drug-likeness (QED) is 0.855. The fraction of sp³-hybridized carbons (Fsp3) is 0.357. The first-order valence-electron chi connectivity index (χ1n) is 6.30. The number of phenols is 1. The molecule has 0 saturated carbocycles. The predicted octanol–water partition coefficient (Wildman–Crippen LogP) is 2.09. The molecule has 1 aromatic rings. The Morgan fingerprint density at radius 3 is 2.48 bits per heavy atom. The average molecular weight is 312 g/mol. The third-order valence-corrected chi connectivity index (χ3v) is 4.21. The molecule has 21 heavy (non-hydrogen) atoms. The molecule has 1 aliphatic heterocycles. The number of Topliss-reactive ketones (excluding diaryl/α,β-unsaturated/α-hetero) is 1. The minimum absolute atomic E-state index is 0. The summed E-state index contributed by atoms with van der Waals surface area (Å²) in [5, 5.41) is 9.28. The number of carbonyl (C=O) groups excluding carboxylic acids is 3. The zero-order valence-electron chi connectivity index (χ0n) is 11.7. The van der Waals surface area contributed by atoms with Crippen LogP contribution in [0.15, 0.2) is 12.1 Å². The molecular formula is C14H17NO5S. The van der Waals surface area contributed by atoms with Gasteiger partial charge >= 0.3 is 0 Å². The van der Waals surface area contributed by atoms with Gasteiger partial charge in [0.15, 0.2) is 17.3 Å². The van der Waals surface area contributed by atoms with E-state index >= 15 is 0 Å². The lowest BCUT2D eigenvalue weighted by Gasteiger charge is -2.05. The summed E-state index contributed by atoms with van der Waals surface area (Å²) < 4.78 is 4.92. The van der Waals surface area contributed by atoms with Gasteiger partial charge in [-0.15, -0.1) is 0 Å². The standard InChI is InChI=1S/C10H10O3.C4H5NO2S.H2/c1-13-10-5-7-6(4-9(10)12)2-3-8(7)11;1-5-3(6)2-8-4(5)7;/h4-5,12H,2-3H2,1H3;2H2,1H3;1H/i;;1+1. The highest BCUT2D eigenvalue weighted by Gasteiger charge is 2.25. The van der Waals surface area contributed by atoms with E-state index in [1.54, 1.807) is 12.1 Å². The number of hydrogen-bond donors (Lipinski definition) is 1. The van der Waals surface area contributed by atoms with Crippen LogP contribution in [-0.4, -0.2) is 46.8 Å². The number of thioether (sulfide) groups is 1. The smallest absolute Gasteiger partial charge is 0.288 e. The highest BCUT2D eigenvalue weighted by atomic mass is 32.2. The molecule has 1 aliphatic carbocycles. The number of hydrogen-bond acceptors (Lipinski definition) is 6. The Balaban J connectivity index is 0.000000234. The van der Waals surface area contributed by atoms with E-state index in [0.29, 0.717) is 23.5 Å². The third-order valence-electron chi connectivity index (χ3n) is 3.29. The molecule has 0 aromatic heterocycles. The van der Waals surface area contributed by atoms with Gasteiger partial charge in [0.1, 0.15) is 0 Å². The van der Waals surface area contributed by atoms with Crippen LogP contribution < -0.4 is 4.74 Å². The molecule has 7 heteroatoms. The number of aryl methyl sites for hydroxylation is 1. The molecule has 0 unspecified atom stereocenters. The number of nitrogens with zero attached hydrogens (tertiary/aromatic N) is 1. The minimum atomic E-state index is -0.144. The van der Waals surface area contributed by atoms with Gasteiger partial charge in [0.05, 0.1) is 12.9 Å². The molecule has 0 bridgehead atoms. The second-order valence-corrected chi connectivity index (χ2v) is 5.54. The van der Waals surface area contributed by atoms with Crippen LogP contribution >= 0.6 is 11.8 Å². The van der Waals surface area contributed by atoms with Crippen molar-refractivity contribution in [1.82, 2.24) is 4.90 Å². The maximum absolute atomic E-state index is 11.3. The lowest BCUT2D eigenvalue weighted by atomic mass is 10.1. The molecule has 1 N–H and O–H groups in total. The molecule has 2 amide bonds. The van der Waals surface area contributed by atoms with Crippen LogP contribution in [0.5, 0.6) is 11.5 Å². The fourth-order valence-corrected chi connectivity index (χ4v) is 2.78. The van der Waals surface area contributed by atoms with E-state index in [-0.39, 0.29) is 24.1 Å². The molecule has 0 spiro atoms.